The highest BCUT2D eigenvalue weighted by atomic mass is 19.1. The molecule has 2 heterocycles. The summed E-state index contributed by atoms with van der Waals surface area (Å²) >= 11 is 0. The van der Waals surface area contributed by atoms with Crippen molar-refractivity contribution in [1.82, 2.24) is 20.0 Å². The summed E-state index contributed by atoms with van der Waals surface area (Å²) in [5, 5.41) is 13.7. The normalized spacial score (nSPS) is 10.7. The Balaban J connectivity index is 1.39. The second-order valence-electron chi connectivity index (χ2n) is 7.07. The number of nitrogens with zero attached hydrogens (tertiary/aromatic N) is 3. The summed E-state index contributed by atoms with van der Waals surface area (Å²) in [5.74, 6) is 0.819. The number of ether oxygens (including phenoxy) is 2. The first-order valence-electron chi connectivity index (χ1n) is 9.93. The van der Waals surface area contributed by atoms with Crippen LogP contribution in [0.15, 0.2) is 60.9 Å². The van der Waals surface area contributed by atoms with Crippen LogP contribution >= 0.6 is 0 Å². The monoisotopic (exact) mass is 435 g/mol. The van der Waals surface area contributed by atoms with E-state index in [2.05, 4.69) is 20.6 Å². The topological polar surface area (TPSA) is 94.1 Å². The first-order chi connectivity index (χ1) is 15.6. The number of H-pyrrole nitrogens is 1. The van der Waals surface area contributed by atoms with Gasteiger partial charge in [0.25, 0.3) is 5.91 Å². The summed E-state index contributed by atoms with van der Waals surface area (Å²) in [7, 11) is 3.22. The van der Waals surface area contributed by atoms with Crippen molar-refractivity contribution in [3.63, 3.8) is 0 Å². The lowest BCUT2D eigenvalue weighted by Crippen LogP contribution is -2.13. The van der Waals surface area contributed by atoms with Crippen molar-refractivity contribution in [2.24, 2.45) is 0 Å². The number of methoxy groups -OCH3 is 2. The highest BCUT2D eigenvalue weighted by Crippen LogP contribution is 2.23. The quantitative estimate of drug-likeness (QED) is 0.439. The van der Waals surface area contributed by atoms with Crippen LogP contribution in [-0.2, 0) is 12.8 Å². The lowest BCUT2D eigenvalue weighted by atomic mass is 10.1. The number of halogens is 1. The van der Waals surface area contributed by atoms with Crippen molar-refractivity contribution in [2.45, 2.75) is 12.8 Å². The van der Waals surface area contributed by atoms with Crippen LogP contribution in [0.3, 0.4) is 0 Å². The van der Waals surface area contributed by atoms with Crippen molar-refractivity contribution in [3.05, 3.63) is 83.6 Å². The average Bonchev–Trinajstić information content (AvgIpc) is 3.49. The van der Waals surface area contributed by atoms with Gasteiger partial charge >= 0.3 is 0 Å². The minimum Gasteiger partial charge on any atom is -0.497 e. The molecule has 0 spiro atoms. The van der Waals surface area contributed by atoms with E-state index in [1.807, 2.05) is 18.2 Å². The van der Waals surface area contributed by atoms with Gasteiger partial charge in [-0.05, 0) is 54.8 Å². The Labute approximate surface area is 184 Å². The van der Waals surface area contributed by atoms with E-state index >= 15 is 0 Å². The van der Waals surface area contributed by atoms with E-state index in [0.717, 1.165) is 29.2 Å². The number of carbonyl (C=O) groups is 1. The fourth-order valence-corrected chi connectivity index (χ4v) is 3.28. The van der Waals surface area contributed by atoms with Gasteiger partial charge in [-0.1, -0.05) is 0 Å². The summed E-state index contributed by atoms with van der Waals surface area (Å²) in [5.41, 5.74) is 2.35. The number of rotatable bonds is 8. The molecule has 164 valence electrons. The number of hydrogen-bond donors (Lipinski definition) is 2. The molecule has 0 unspecified atom stereocenters. The molecule has 32 heavy (non-hydrogen) atoms. The van der Waals surface area contributed by atoms with E-state index in [1.54, 1.807) is 44.8 Å². The number of aryl methyl sites for hydroxylation is 2. The number of aromatic amines is 1. The summed E-state index contributed by atoms with van der Waals surface area (Å²) < 4.78 is 26.4. The van der Waals surface area contributed by atoms with Crippen LogP contribution < -0.4 is 14.8 Å². The predicted molar refractivity (Wildman–Crippen MR) is 117 cm³/mol. The van der Waals surface area contributed by atoms with Gasteiger partial charge in [-0.3, -0.25) is 9.89 Å². The molecular weight excluding hydrogens is 413 g/mol. The summed E-state index contributed by atoms with van der Waals surface area (Å²) in [6, 6.07) is 13.4. The van der Waals surface area contributed by atoms with Gasteiger partial charge in [-0.25, -0.2) is 9.07 Å². The Bertz CT molecular complexity index is 1200. The zero-order chi connectivity index (χ0) is 22.5. The highest BCUT2D eigenvalue weighted by molar-refractivity contribution is 6.03. The molecule has 0 saturated carbocycles. The zero-order valence-corrected chi connectivity index (χ0v) is 17.6. The van der Waals surface area contributed by atoms with Gasteiger partial charge in [-0.15, -0.1) is 0 Å². The number of benzene rings is 2. The van der Waals surface area contributed by atoms with E-state index in [1.165, 1.54) is 16.8 Å². The molecule has 0 radical (unpaired) electrons. The molecule has 0 aliphatic rings. The smallest absolute Gasteiger partial charge is 0.256 e. The first kappa shape index (κ1) is 21.1. The maximum absolute atomic E-state index is 14.4. The average molecular weight is 435 g/mol. The minimum atomic E-state index is -0.544. The van der Waals surface area contributed by atoms with Crippen LogP contribution in [0.1, 0.15) is 21.6 Å². The van der Waals surface area contributed by atoms with Crippen LogP contribution in [-0.4, -0.2) is 40.1 Å². The lowest BCUT2D eigenvalue weighted by molar-refractivity contribution is 0.102. The summed E-state index contributed by atoms with van der Waals surface area (Å²) in [6.07, 6.45) is 4.58. The standard InChI is InChI=1S/C23H22FN5O3/c1-31-18-10-15(11-19(14-18)32-2)4-6-17-13-22(28-27-17)26-23(30)16-5-7-21(20(24)12-16)29-9-3-8-25-29/h3,5,7-14H,4,6H2,1-2H3,(H2,26,27,28,30). The SMILES string of the molecule is COc1cc(CCc2cc(NC(=O)c3ccc(-n4cccn4)c(F)c3)n[nH]2)cc(OC)c1. The fourth-order valence-electron chi connectivity index (χ4n) is 3.28. The van der Waals surface area contributed by atoms with Gasteiger partial charge in [-0.2, -0.15) is 10.2 Å². The number of carbonyl (C=O) groups excluding carboxylic acids is 1. The first-order valence-corrected chi connectivity index (χ1v) is 9.93. The molecular formula is C23H22FN5O3. The maximum Gasteiger partial charge on any atom is 0.256 e. The highest BCUT2D eigenvalue weighted by Gasteiger charge is 2.13. The van der Waals surface area contributed by atoms with Gasteiger partial charge in [0.15, 0.2) is 5.82 Å². The molecule has 1 amide bonds. The maximum atomic E-state index is 14.4. The van der Waals surface area contributed by atoms with Crippen molar-refractivity contribution >= 4 is 11.7 Å². The predicted octanol–water partition coefficient (Wildman–Crippen LogP) is 3.79. The van der Waals surface area contributed by atoms with E-state index in [4.69, 9.17) is 9.47 Å². The van der Waals surface area contributed by atoms with Gasteiger partial charge in [0.05, 0.1) is 14.2 Å². The number of hydrogen-bond acceptors (Lipinski definition) is 5. The lowest BCUT2D eigenvalue weighted by Gasteiger charge is -2.08. The summed E-state index contributed by atoms with van der Waals surface area (Å²) in [4.78, 5) is 12.5. The van der Waals surface area contributed by atoms with Crippen molar-refractivity contribution < 1.29 is 18.7 Å². The Kier molecular flexibility index (Phi) is 6.16. The Morgan fingerprint density at radius 2 is 1.88 bits per heavy atom. The van der Waals surface area contributed by atoms with Gasteiger partial charge < -0.3 is 14.8 Å². The van der Waals surface area contributed by atoms with Crippen LogP contribution in [0.25, 0.3) is 5.69 Å². The third-order valence-corrected chi connectivity index (χ3v) is 4.93. The molecule has 4 rings (SSSR count). The van der Waals surface area contributed by atoms with Crippen molar-refractivity contribution in [3.8, 4) is 17.2 Å². The molecule has 0 aliphatic carbocycles. The number of aromatic nitrogens is 4. The molecule has 2 aromatic heterocycles. The van der Waals surface area contributed by atoms with Gasteiger partial charge in [0, 0.05) is 35.8 Å². The molecule has 2 aromatic carbocycles. The molecule has 9 heteroatoms. The third-order valence-electron chi connectivity index (χ3n) is 4.93. The van der Waals surface area contributed by atoms with Crippen molar-refractivity contribution in [1.29, 1.82) is 0 Å². The Hall–Kier alpha value is -4.14. The zero-order valence-electron chi connectivity index (χ0n) is 17.6. The van der Waals surface area contributed by atoms with Crippen molar-refractivity contribution in [2.75, 3.05) is 19.5 Å². The molecule has 0 aliphatic heterocycles. The molecule has 2 N–H and O–H groups in total. The molecule has 0 atom stereocenters. The van der Waals surface area contributed by atoms with Gasteiger partial charge in [0.2, 0.25) is 0 Å². The van der Waals surface area contributed by atoms with E-state index < -0.39 is 11.7 Å². The minimum absolute atomic E-state index is 0.187. The molecule has 4 aromatic rings. The second kappa shape index (κ2) is 9.34. The third kappa shape index (κ3) is 4.77. The van der Waals surface area contributed by atoms with E-state index in [0.29, 0.717) is 12.2 Å². The molecule has 0 bridgehead atoms. The van der Waals surface area contributed by atoms with Crippen LogP contribution in [0.5, 0.6) is 11.5 Å². The molecule has 0 saturated heterocycles. The largest absolute Gasteiger partial charge is 0.497 e. The molecule has 0 fully saturated rings. The molecule has 8 nitrogen and oxygen atoms in total. The summed E-state index contributed by atoms with van der Waals surface area (Å²) in [6.45, 7) is 0. The number of amides is 1. The Morgan fingerprint density at radius 3 is 2.53 bits per heavy atom. The van der Waals surface area contributed by atoms with E-state index in [-0.39, 0.29) is 11.3 Å². The van der Waals surface area contributed by atoms with Crippen LogP contribution in [0, 0.1) is 5.82 Å². The van der Waals surface area contributed by atoms with E-state index in [9.17, 15) is 9.18 Å². The number of nitrogens with one attached hydrogen (secondary N) is 2. The Morgan fingerprint density at radius 1 is 1.09 bits per heavy atom. The van der Waals surface area contributed by atoms with Gasteiger partial charge in [0.1, 0.15) is 23.0 Å². The van der Waals surface area contributed by atoms with Crippen LogP contribution in [0.2, 0.25) is 0 Å². The fraction of sp³-hybridized carbons (Fsp3) is 0.174. The number of anilines is 1. The van der Waals surface area contributed by atoms with Crippen LogP contribution in [0.4, 0.5) is 10.2 Å². The second-order valence-corrected chi connectivity index (χ2v) is 7.07.